The van der Waals surface area contributed by atoms with Crippen molar-refractivity contribution in [2.45, 2.75) is 26.3 Å². The van der Waals surface area contributed by atoms with Crippen LogP contribution in [-0.4, -0.2) is 26.2 Å². The Bertz CT molecular complexity index is 623. The van der Waals surface area contributed by atoms with Gasteiger partial charge in [0.15, 0.2) is 5.96 Å². The third-order valence-corrected chi connectivity index (χ3v) is 3.83. The smallest absolute Gasteiger partial charge is 0.191 e. The standard InChI is InChI=1S/C20H27N3O/c1-4-21-20(23-16(2)18-8-6-5-7-9-18)22-15-14-17-10-12-19(24-3)13-11-17/h5-13,16H,4,14-15H2,1-3H3,(H2,21,22,23). The van der Waals surface area contributed by atoms with Gasteiger partial charge < -0.3 is 15.4 Å². The van der Waals surface area contributed by atoms with Gasteiger partial charge in [-0.25, -0.2) is 0 Å². The molecule has 2 N–H and O–H groups in total. The summed E-state index contributed by atoms with van der Waals surface area (Å²) in [6.45, 7) is 5.80. The maximum absolute atomic E-state index is 5.18. The number of hydrogen-bond acceptors (Lipinski definition) is 2. The molecule has 1 atom stereocenters. The second-order valence-corrected chi connectivity index (χ2v) is 5.64. The molecule has 0 aliphatic heterocycles. The number of nitrogens with one attached hydrogen (secondary N) is 2. The fourth-order valence-corrected chi connectivity index (χ4v) is 2.44. The van der Waals surface area contributed by atoms with Crippen LogP contribution in [-0.2, 0) is 6.42 Å². The molecule has 0 bridgehead atoms. The lowest BCUT2D eigenvalue weighted by Crippen LogP contribution is -2.38. The number of ether oxygens (including phenoxy) is 1. The molecule has 24 heavy (non-hydrogen) atoms. The van der Waals surface area contributed by atoms with Gasteiger partial charge >= 0.3 is 0 Å². The molecule has 128 valence electrons. The van der Waals surface area contributed by atoms with E-state index in [1.54, 1.807) is 7.11 Å². The Balaban J connectivity index is 1.92. The molecule has 0 saturated carbocycles. The second kappa shape index (κ2) is 9.60. The number of nitrogens with zero attached hydrogens (tertiary/aromatic N) is 1. The average Bonchev–Trinajstić information content (AvgIpc) is 2.63. The maximum atomic E-state index is 5.18. The summed E-state index contributed by atoms with van der Waals surface area (Å²) in [6, 6.07) is 18.7. The van der Waals surface area contributed by atoms with Crippen LogP contribution in [0.15, 0.2) is 59.6 Å². The molecular weight excluding hydrogens is 298 g/mol. The maximum Gasteiger partial charge on any atom is 0.191 e. The number of aliphatic imine (C=N–C) groups is 1. The fourth-order valence-electron chi connectivity index (χ4n) is 2.44. The molecule has 2 aromatic rings. The molecule has 0 spiro atoms. The van der Waals surface area contributed by atoms with Crippen molar-refractivity contribution in [3.63, 3.8) is 0 Å². The summed E-state index contributed by atoms with van der Waals surface area (Å²) >= 11 is 0. The number of benzene rings is 2. The number of methoxy groups -OCH3 is 1. The first-order chi connectivity index (χ1) is 11.7. The zero-order valence-corrected chi connectivity index (χ0v) is 14.8. The zero-order chi connectivity index (χ0) is 17.2. The monoisotopic (exact) mass is 325 g/mol. The molecule has 2 rings (SSSR count). The van der Waals surface area contributed by atoms with Crippen LogP contribution in [0.1, 0.15) is 31.0 Å². The molecule has 2 aromatic carbocycles. The minimum atomic E-state index is 0.213. The Morgan fingerprint density at radius 2 is 1.79 bits per heavy atom. The highest BCUT2D eigenvalue weighted by Crippen LogP contribution is 2.12. The van der Waals surface area contributed by atoms with E-state index in [1.807, 2.05) is 18.2 Å². The summed E-state index contributed by atoms with van der Waals surface area (Å²) in [4.78, 5) is 4.68. The lowest BCUT2D eigenvalue weighted by Gasteiger charge is -2.18. The lowest BCUT2D eigenvalue weighted by atomic mass is 10.1. The van der Waals surface area contributed by atoms with Crippen LogP contribution in [0, 0.1) is 0 Å². The molecule has 0 saturated heterocycles. The molecular formula is C20H27N3O. The second-order valence-electron chi connectivity index (χ2n) is 5.64. The zero-order valence-electron chi connectivity index (χ0n) is 14.8. The molecule has 0 heterocycles. The van der Waals surface area contributed by atoms with Crippen LogP contribution >= 0.6 is 0 Å². The molecule has 0 aliphatic carbocycles. The van der Waals surface area contributed by atoms with Crippen molar-refractivity contribution in [3.05, 3.63) is 65.7 Å². The highest BCUT2D eigenvalue weighted by Gasteiger charge is 2.06. The number of rotatable bonds is 7. The van der Waals surface area contributed by atoms with Gasteiger partial charge in [0.1, 0.15) is 5.75 Å². The molecule has 0 amide bonds. The number of hydrogen-bond donors (Lipinski definition) is 2. The Labute approximate surface area is 145 Å². The lowest BCUT2D eigenvalue weighted by molar-refractivity contribution is 0.414. The predicted molar refractivity (Wildman–Crippen MR) is 101 cm³/mol. The van der Waals surface area contributed by atoms with E-state index in [2.05, 4.69) is 65.9 Å². The van der Waals surface area contributed by atoms with E-state index < -0.39 is 0 Å². The Kier molecular flexibility index (Phi) is 7.15. The van der Waals surface area contributed by atoms with Crippen LogP contribution in [0.3, 0.4) is 0 Å². The Morgan fingerprint density at radius 1 is 1.08 bits per heavy atom. The topological polar surface area (TPSA) is 45.7 Å². The normalized spacial score (nSPS) is 12.5. The first-order valence-corrected chi connectivity index (χ1v) is 8.45. The Morgan fingerprint density at radius 3 is 2.42 bits per heavy atom. The van der Waals surface area contributed by atoms with E-state index in [-0.39, 0.29) is 6.04 Å². The third kappa shape index (κ3) is 5.61. The first-order valence-electron chi connectivity index (χ1n) is 8.45. The van der Waals surface area contributed by atoms with E-state index in [0.29, 0.717) is 0 Å². The van der Waals surface area contributed by atoms with Gasteiger partial charge in [0.2, 0.25) is 0 Å². The summed E-state index contributed by atoms with van der Waals surface area (Å²) in [7, 11) is 1.68. The van der Waals surface area contributed by atoms with Crippen molar-refractivity contribution >= 4 is 5.96 Å². The largest absolute Gasteiger partial charge is 0.497 e. The van der Waals surface area contributed by atoms with Gasteiger partial charge in [-0.05, 0) is 43.5 Å². The van der Waals surface area contributed by atoms with Crippen molar-refractivity contribution < 1.29 is 4.74 Å². The van der Waals surface area contributed by atoms with E-state index in [0.717, 1.165) is 31.2 Å². The van der Waals surface area contributed by atoms with Gasteiger partial charge in [-0.1, -0.05) is 42.5 Å². The van der Waals surface area contributed by atoms with E-state index in [1.165, 1.54) is 11.1 Å². The van der Waals surface area contributed by atoms with Gasteiger partial charge in [0, 0.05) is 13.1 Å². The van der Waals surface area contributed by atoms with Crippen LogP contribution in [0.5, 0.6) is 5.75 Å². The average molecular weight is 325 g/mol. The SMILES string of the molecule is CCNC(=NCCc1ccc(OC)cc1)NC(C)c1ccccc1. The highest BCUT2D eigenvalue weighted by atomic mass is 16.5. The Hall–Kier alpha value is -2.49. The number of guanidine groups is 1. The van der Waals surface area contributed by atoms with Crippen molar-refractivity contribution in [1.82, 2.24) is 10.6 Å². The molecule has 0 aliphatic rings. The summed E-state index contributed by atoms with van der Waals surface area (Å²) in [5.74, 6) is 1.73. The van der Waals surface area contributed by atoms with Gasteiger partial charge in [-0.2, -0.15) is 0 Å². The van der Waals surface area contributed by atoms with Crippen molar-refractivity contribution in [2.24, 2.45) is 4.99 Å². The van der Waals surface area contributed by atoms with E-state index >= 15 is 0 Å². The minimum absolute atomic E-state index is 0.213. The molecule has 1 unspecified atom stereocenters. The minimum Gasteiger partial charge on any atom is -0.497 e. The van der Waals surface area contributed by atoms with Gasteiger partial charge in [0.05, 0.1) is 13.2 Å². The van der Waals surface area contributed by atoms with Crippen LogP contribution in [0.2, 0.25) is 0 Å². The van der Waals surface area contributed by atoms with Gasteiger partial charge in [-0.3, -0.25) is 4.99 Å². The van der Waals surface area contributed by atoms with Crippen molar-refractivity contribution in [2.75, 3.05) is 20.2 Å². The predicted octanol–water partition coefficient (Wildman–Crippen LogP) is 3.55. The van der Waals surface area contributed by atoms with Crippen LogP contribution in [0.4, 0.5) is 0 Å². The van der Waals surface area contributed by atoms with Gasteiger partial charge in [-0.15, -0.1) is 0 Å². The summed E-state index contributed by atoms with van der Waals surface area (Å²) in [6.07, 6.45) is 0.903. The fraction of sp³-hybridized carbons (Fsp3) is 0.350. The third-order valence-electron chi connectivity index (χ3n) is 3.83. The molecule has 4 heteroatoms. The summed E-state index contributed by atoms with van der Waals surface area (Å²) < 4.78 is 5.18. The quantitative estimate of drug-likeness (QED) is 0.604. The first kappa shape index (κ1) is 17.9. The molecule has 0 radical (unpaired) electrons. The highest BCUT2D eigenvalue weighted by molar-refractivity contribution is 5.80. The van der Waals surface area contributed by atoms with E-state index in [4.69, 9.17) is 4.74 Å². The van der Waals surface area contributed by atoms with Crippen molar-refractivity contribution in [1.29, 1.82) is 0 Å². The van der Waals surface area contributed by atoms with Crippen LogP contribution < -0.4 is 15.4 Å². The molecule has 4 nitrogen and oxygen atoms in total. The van der Waals surface area contributed by atoms with Gasteiger partial charge in [0.25, 0.3) is 0 Å². The molecule has 0 aromatic heterocycles. The van der Waals surface area contributed by atoms with E-state index in [9.17, 15) is 0 Å². The summed E-state index contributed by atoms with van der Waals surface area (Å²) in [5.41, 5.74) is 2.50. The summed E-state index contributed by atoms with van der Waals surface area (Å²) in [5, 5.41) is 6.76. The van der Waals surface area contributed by atoms with Crippen molar-refractivity contribution in [3.8, 4) is 5.75 Å². The molecule has 0 fully saturated rings. The van der Waals surface area contributed by atoms with Crippen LogP contribution in [0.25, 0.3) is 0 Å².